The van der Waals surface area contributed by atoms with Crippen molar-refractivity contribution >= 4 is 23.3 Å². The van der Waals surface area contributed by atoms with Crippen LogP contribution in [-0.4, -0.2) is 38.0 Å². The third kappa shape index (κ3) is 5.81. The Labute approximate surface area is 170 Å². The number of hydrogen-bond acceptors (Lipinski definition) is 6. The van der Waals surface area contributed by atoms with Crippen LogP contribution in [0.5, 0.6) is 11.5 Å². The first-order chi connectivity index (χ1) is 13.9. The average Bonchev–Trinajstić information content (AvgIpc) is 2.71. The van der Waals surface area contributed by atoms with Crippen molar-refractivity contribution in [2.45, 2.75) is 32.8 Å². The number of ether oxygens (including phenoxy) is 3. The van der Waals surface area contributed by atoms with Crippen molar-refractivity contribution in [3.63, 3.8) is 0 Å². The van der Waals surface area contributed by atoms with E-state index in [9.17, 15) is 14.4 Å². The topological polar surface area (TPSA) is 90.9 Å². The fourth-order valence-corrected chi connectivity index (χ4v) is 2.83. The number of nitrogens with one attached hydrogen (secondary N) is 1. The highest BCUT2D eigenvalue weighted by molar-refractivity contribution is 6.04. The first-order valence-electron chi connectivity index (χ1n) is 9.17. The standard InChI is InChI=1S/C22H25NO6/c1-14(24)17-9-5-6-10-18(17)23-22(26)15(2)29-20(25)13-12-16-8-7-11-19(27-3)21(16)28-4/h5-11,15H,12-13H2,1-4H3,(H,23,26)/t15-/m0/s1. The number of hydrogen-bond donors (Lipinski definition) is 1. The molecule has 0 radical (unpaired) electrons. The molecule has 0 aliphatic heterocycles. The van der Waals surface area contributed by atoms with Crippen molar-refractivity contribution < 1.29 is 28.6 Å². The van der Waals surface area contributed by atoms with Crippen molar-refractivity contribution in [3.8, 4) is 11.5 Å². The summed E-state index contributed by atoms with van der Waals surface area (Å²) in [5.41, 5.74) is 1.58. The summed E-state index contributed by atoms with van der Waals surface area (Å²) in [7, 11) is 3.07. The molecule has 0 fully saturated rings. The number of Topliss-reactive ketones (excluding diaryl/α,β-unsaturated/α-hetero) is 1. The number of esters is 1. The molecule has 7 nitrogen and oxygen atoms in total. The van der Waals surface area contributed by atoms with Crippen LogP contribution in [0.3, 0.4) is 0 Å². The van der Waals surface area contributed by atoms with Gasteiger partial charge in [0.2, 0.25) is 0 Å². The maximum Gasteiger partial charge on any atom is 0.306 e. The Bertz CT molecular complexity index is 893. The number of aryl methyl sites for hydroxylation is 1. The fraction of sp³-hybridized carbons (Fsp3) is 0.318. The SMILES string of the molecule is COc1cccc(CCC(=O)O[C@@H](C)C(=O)Nc2ccccc2C(C)=O)c1OC. The Morgan fingerprint density at radius 2 is 1.72 bits per heavy atom. The van der Waals surface area contributed by atoms with Crippen molar-refractivity contribution in [1.29, 1.82) is 0 Å². The van der Waals surface area contributed by atoms with E-state index in [1.54, 1.807) is 37.4 Å². The normalized spacial score (nSPS) is 11.3. The fourth-order valence-electron chi connectivity index (χ4n) is 2.83. The molecule has 0 aliphatic carbocycles. The van der Waals surface area contributed by atoms with E-state index in [1.807, 2.05) is 12.1 Å². The molecule has 0 heterocycles. The predicted molar refractivity (Wildman–Crippen MR) is 108 cm³/mol. The summed E-state index contributed by atoms with van der Waals surface area (Å²) in [6.45, 7) is 2.90. The lowest BCUT2D eigenvalue weighted by molar-refractivity contribution is -0.153. The minimum Gasteiger partial charge on any atom is -0.493 e. The number of para-hydroxylation sites is 2. The minimum absolute atomic E-state index is 0.0746. The monoisotopic (exact) mass is 399 g/mol. The third-order valence-electron chi connectivity index (χ3n) is 4.32. The zero-order chi connectivity index (χ0) is 21.4. The molecule has 2 rings (SSSR count). The first-order valence-corrected chi connectivity index (χ1v) is 9.17. The lowest BCUT2D eigenvalue weighted by Gasteiger charge is -2.15. The van der Waals surface area contributed by atoms with Crippen LogP contribution in [0.1, 0.15) is 36.2 Å². The van der Waals surface area contributed by atoms with Gasteiger partial charge in [-0.1, -0.05) is 24.3 Å². The van der Waals surface area contributed by atoms with E-state index in [2.05, 4.69) is 5.32 Å². The summed E-state index contributed by atoms with van der Waals surface area (Å²) in [5.74, 6) is -0.0501. The number of rotatable bonds is 9. The van der Waals surface area contributed by atoms with Gasteiger partial charge in [0.25, 0.3) is 5.91 Å². The third-order valence-corrected chi connectivity index (χ3v) is 4.32. The van der Waals surface area contributed by atoms with Gasteiger partial charge >= 0.3 is 5.97 Å². The largest absolute Gasteiger partial charge is 0.493 e. The van der Waals surface area contributed by atoms with Crippen LogP contribution in [-0.2, 0) is 20.7 Å². The van der Waals surface area contributed by atoms with Gasteiger partial charge in [-0.05, 0) is 44.0 Å². The molecule has 0 bridgehead atoms. The van der Waals surface area contributed by atoms with Crippen molar-refractivity contribution in [2.24, 2.45) is 0 Å². The molecule has 2 aromatic carbocycles. The van der Waals surface area contributed by atoms with Crippen LogP contribution in [0.4, 0.5) is 5.69 Å². The highest BCUT2D eigenvalue weighted by Crippen LogP contribution is 2.31. The molecule has 0 spiro atoms. The smallest absolute Gasteiger partial charge is 0.306 e. The summed E-state index contributed by atoms with van der Waals surface area (Å²) in [6, 6.07) is 12.1. The Morgan fingerprint density at radius 1 is 1.00 bits per heavy atom. The van der Waals surface area contributed by atoms with Crippen LogP contribution in [0, 0.1) is 0 Å². The maximum atomic E-state index is 12.3. The highest BCUT2D eigenvalue weighted by Gasteiger charge is 2.20. The molecular weight excluding hydrogens is 374 g/mol. The lowest BCUT2D eigenvalue weighted by atomic mass is 10.1. The number of amides is 1. The second kappa shape index (κ2) is 10.3. The van der Waals surface area contributed by atoms with Gasteiger partial charge in [0.05, 0.1) is 19.9 Å². The second-order valence-electron chi connectivity index (χ2n) is 6.38. The van der Waals surface area contributed by atoms with Crippen LogP contribution >= 0.6 is 0 Å². The Kier molecular flexibility index (Phi) is 7.77. The van der Waals surface area contributed by atoms with Gasteiger partial charge in [-0.25, -0.2) is 0 Å². The summed E-state index contributed by atoms with van der Waals surface area (Å²) >= 11 is 0. The second-order valence-corrected chi connectivity index (χ2v) is 6.38. The molecule has 0 aliphatic rings. The van der Waals surface area contributed by atoms with Gasteiger partial charge in [-0.15, -0.1) is 0 Å². The van der Waals surface area contributed by atoms with Crippen LogP contribution in [0.25, 0.3) is 0 Å². The molecule has 1 atom stereocenters. The summed E-state index contributed by atoms with van der Waals surface area (Å²) < 4.78 is 15.8. The van der Waals surface area contributed by atoms with E-state index in [1.165, 1.54) is 21.0 Å². The molecule has 29 heavy (non-hydrogen) atoms. The van der Waals surface area contributed by atoms with Crippen molar-refractivity contribution in [1.82, 2.24) is 0 Å². The summed E-state index contributed by atoms with van der Waals surface area (Å²) in [6.07, 6.45) is -0.555. The maximum absolute atomic E-state index is 12.3. The Hall–Kier alpha value is -3.35. The Balaban J connectivity index is 1.94. The molecule has 154 valence electrons. The van der Waals surface area contributed by atoms with Crippen LogP contribution < -0.4 is 14.8 Å². The van der Waals surface area contributed by atoms with E-state index < -0.39 is 18.0 Å². The molecule has 0 aromatic heterocycles. The number of carbonyl (C=O) groups excluding carboxylic acids is 3. The van der Waals surface area contributed by atoms with Gasteiger partial charge in [-0.2, -0.15) is 0 Å². The van der Waals surface area contributed by atoms with E-state index in [0.29, 0.717) is 29.2 Å². The number of methoxy groups -OCH3 is 2. The zero-order valence-electron chi connectivity index (χ0n) is 17.0. The van der Waals surface area contributed by atoms with Gasteiger partial charge in [-0.3, -0.25) is 14.4 Å². The Morgan fingerprint density at radius 3 is 2.38 bits per heavy atom. The zero-order valence-corrected chi connectivity index (χ0v) is 17.0. The number of carbonyl (C=O) groups is 3. The van der Waals surface area contributed by atoms with E-state index in [4.69, 9.17) is 14.2 Å². The highest BCUT2D eigenvalue weighted by atomic mass is 16.5. The van der Waals surface area contributed by atoms with Gasteiger partial charge in [0.15, 0.2) is 23.4 Å². The lowest BCUT2D eigenvalue weighted by Crippen LogP contribution is -2.30. The first kappa shape index (κ1) is 21.9. The molecule has 0 unspecified atom stereocenters. The van der Waals surface area contributed by atoms with Crippen molar-refractivity contribution in [3.05, 3.63) is 53.6 Å². The number of anilines is 1. The molecule has 1 N–H and O–H groups in total. The summed E-state index contributed by atoms with van der Waals surface area (Å²) in [5, 5.41) is 2.63. The predicted octanol–water partition coefficient (Wildman–Crippen LogP) is 3.41. The van der Waals surface area contributed by atoms with E-state index >= 15 is 0 Å². The van der Waals surface area contributed by atoms with Crippen LogP contribution in [0.2, 0.25) is 0 Å². The van der Waals surface area contributed by atoms with E-state index in [0.717, 1.165) is 5.56 Å². The minimum atomic E-state index is -1.00. The quantitative estimate of drug-likeness (QED) is 0.513. The molecule has 0 saturated carbocycles. The van der Waals surface area contributed by atoms with Gasteiger partial charge in [0, 0.05) is 12.0 Å². The average molecular weight is 399 g/mol. The van der Waals surface area contributed by atoms with Gasteiger partial charge in [0.1, 0.15) is 0 Å². The molecule has 7 heteroatoms. The van der Waals surface area contributed by atoms with Crippen LogP contribution in [0.15, 0.2) is 42.5 Å². The molecule has 0 saturated heterocycles. The molecule has 2 aromatic rings. The van der Waals surface area contributed by atoms with Crippen molar-refractivity contribution in [2.75, 3.05) is 19.5 Å². The number of benzene rings is 2. The van der Waals surface area contributed by atoms with E-state index in [-0.39, 0.29) is 12.2 Å². The molecular formula is C22H25NO6. The van der Waals surface area contributed by atoms with Gasteiger partial charge < -0.3 is 19.5 Å². The summed E-state index contributed by atoms with van der Waals surface area (Å²) in [4.78, 5) is 36.2. The number of ketones is 1. The molecule has 1 amide bonds.